The third kappa shape index (κ3) is 3.04. The maximum atomic E-state index is 12.6. The Kier molecular flexibility index (Phi) is 4.11. The largest absolute Gasteiger partial charge is 0.319 e. The summed E-state index contributed by atoms with van der Waals surface area (Å²) >= 11 is 4.71. The van der Waals surface area contributed by atoms with Gasteiger partial charge in [-0.15, -0.1) is 0 Å². The van der Waals surface area contributed by atoms with Crippen LogP contribution in [0, 0.1) is 0 Å². The monoisotopic (exact) mass is 319 g/mol. The van der Waals surface area contributed by atoms with Gasteiger partial charge in [-0.1, -0.05) is 11.8 Å². The summed E-state index contributed by atoms with van der Waals surface area (Å²) in [5.74, 6) is 0.690. The standard InChI is InChI=1S/C10H8BrF2N3S/c11-7-2-1-3-15-9(7)17-6-8-14-4-5-16(8)10(12)13/h1-5,10H,6H2. The Balaban J connectivity index is 2.08. The molecule has 0 aliphatic carbocycles. The van der Waals surface area contributed by atoms with Crippen molar-refractivity contribution in [2.45, 2.75) is 17.3 Å². The number of hydrogen-bond donors (Lipinski definition) is 0. The van der Waals surface area contributed by atoms with E-state index in [1.165, 1.54) is 24.2 Å². The van der Waals surface area contributed by atoms with Gasteiger partial charge in [0.05, 0.1) is 5.75 Å². The maximum absolute atomic E-state index is 12.6. The number of imidazole rings is 1. The van der Waals surface area contributed by atoms with E-state index >= 15 is 0 Å². The number of alkyl halides is 2. The first kappa shape index (κ1) is 12.5. The molecule has 0 aliphatic heterocycles. The Morgan fingerprint density at radius 2 is 2.18 bits per heavy atom. The van der Waals surface area contributed by atoms with E-state index in [2.05, 4.69) is 25.9 Å². The lowest BCUT2D eigenvalue weighted by Crippen LogP contribution is -2.02. The molecule has 90 valence electrons. The van der Waals surface area contributed by atoms with Crippen molar-refractivity contribution in [3.63, 3.8) is 0 Å². The van der Waals surface area contributed by atoms with Crippen LogP contribution in [-0.4, -0.2) is 14.5 Å². The number of thioether (sulfide) groups is 1. The highest BCUT2D eigenvalue weighted by Gasteiger charge is 2.12. The average Bonchev–Trinajstić information content (AvgIpc) is 2.76. The molecule has 3 nitrogen and oxygen atoms in total. The molecule has 0 fully saturated rings. The topological polar surface area (TPSA) is 30.7 Å². The van der Waals surface area contributed by atoms with Crippen LogP contribution in [0.25, 0.3) is 0 Å². The minimum Gasteiger partial charge on any atom is -0.277 e. The smallest absolute Gasteiger partial charge is 0.277 e. The molecule has 17 heavy (non-hydrogen) atoms. The number of hydrogen-bond acceptors (Lipinski definition) is 3. The summed E-state index contributed by atoms with van der Waals surface area (Å²) < 4.78 is 26.8. The van der Waals surface area contributed by atoms with Crippen molar-refractivity contribution in [2.75, 3.05) is 0 Å². The molecule has 2 heterocycles. The summed E-state index contributed by atoms with van der Waals surface area (Å²) in [5.41, 5.74) is 0. The molecule has 0 bridgehead atoms. The number of rotatable bonds is 4. The molecule has 2 aromatic rings. The van der Waals surface area contributed by atoms with E-state index in [1.54, 1.807) is 12.3 Å². The zero-order valence-electron chi connectivity index (χ0n) is 8.55. The predicted molar refractivity (Wildman–Crippen MR) is 65.0 cm³/mol. The molecule has 0 saturated heterocycles. The second kappa shape index (κ2) is 5.59. The van der Waals surface area contributed by atoms with Crippen LogP contribution >= 0.6 is 27.7 Å². The van der Waals surface area contributed by atoms with E-state index in [0.29, 0.717) is 11.6 Å². The average molecular weight is 320 g/mol. The van der Waals surface area contributed by atoms with Gasteiger partial charge < -0.3 is 0 Å². The van der Waals surface area contributed by atoms with Gasteiger partial charge in [0.1, 0.15) is 10.9 Å². The van der Waals surface area contributed by atoms with E-state index in [-0.39, 0.29) is 0 Å². The molecule has 0 radical (unpaired) electrons. The lowest BCUT2D eigenvalue weighted by molar-refractivity contribution is 0.0678. The fourth-order valence-corrected chi connectivity index (χ4v) is 2.67. The van der Waals surface area contributed by atoms with Crippen LogP contribution in [0.5, 0.6) is 0 Å². The van der Waals surface area contributed by atoms with Crippen LogP contribution in [0.4, 0.5) is 8.78 Å². The summed E-state index contributed by atoms with van der Waals surface area (Å²) in [6, 6.07) is 3.66. The molecule has 0 unspecified atom stereocenters. The van der Waals surface area contributed by atoms with E-state index in [9.17, 15) is 8.78 Å². The molecule has 0 amide bonds. The second-order valence-corrected chi connectivity index (χ2v) is 4.93. The summed E-state index contributed by atoms with van der Waals surface area (Å²) in [5, 5.41) is 0.760. The van der Waals surface area contributed by atoms with Gasteiger partial charge in [0, 0.05) is 23.1 Å². The first-order valence-corrected chi connectivity index (χ1v) is 6.49. The molecule has 0 atom stereocenters. The van der Waals surface area contributed by atoms with E-state index < -0.39 is 6.55 Å². The number of aromatic nitrogens is 3. The highest BCUT2D eigenvalue weighted by molar-refractivity contribution is 9.10. The number of nitrogens with zero attached hydrogens (tertiary/aromatic N) is 3. The SMILES string of the molecule is FC(F)n1ccnc1CSc1ncccc1Br. The van der Waals surface area contributed by atoms with Gasteiger partial charge in [-0.3, -0.25) is 4.57 Å². The van der Waals surface area contributed by atoms with Crippen LogP contribution in [-0.2, 0) is 5.75 Å². The van der Waals surface area contributed by atoms with Gasteiger partial charge in [-0.2, -0.15) is 8.78 Å². The van der Waals surface area contributed by atoms with Gasteiger partial charge in [-0.05, 0) is 28.1 Å². The number of pyridine rings is 1. The molecule has 0 aliphatic rings. The molecular weight excluding hydrogens is 312 g/mol. The lowest BCUT2D eigenvalue weighted by Gasteiger charge is -2.06. The zero-order valence-corrected chi connectivity index (χ0v) is 11.0. The van der Waals surface area contributed by atoms with Crippen molar-refractivity contribution >= 4 is 27.7 Å². The van der Waals surface area contributed by atoms with E-state index in [4.69, 9.17) is 0 Å². The Morgan fingerprint density at radius 3 is 2.88 bits per heavy atom. The van der Waals surface area contributed by atoms with E-state index in [0.717, 1.165) is 14.1 Å². The van der Waals surface area contributed by atoms with Crippen molar-refractivity contribution in [1.82, 2.24) is 14.5 Å². The van der Waals surface area contributed by atoms with Crippen molar-refractivity contribution in [1.29, 1.82) is 0 Å². The van der Waals surface area contributed by atoms with Crippen molar-refractivity contribution in [2.24, 2.45) is 0 Å². The van der Waals surface area contributed by atoms with Crippen molar-refractivity contribution < 1.29 is 8.78 Å². The quantitative estimate of drug-likeness (QED) is 0.804. The summed E-state index contributed by atoms with van der Waals surface area (Å²) in [4.78, 5) is 8.05. The van der Waals surface area contributed by atoms with Crippen LogP contribution < -0.4 is 0 Å². The molecule has 0 saturated carbocycles. The summed E-state index contributed by atoms with van der Waals surface area (Å²) in [6.45, 7) is -2.56. The number of halogens is 3. The van der Waals surface area contributed by atoms with Crippen molar-refractivity contribution in [3.05, 3.63) is 41.0 Å². The third-order valence-electron chi connectivity index (χ3n) is 2.02. The Morgan fingerprint density at radius 1 is 1.35 bits per heavy atom. The lowest BCUT2D eigenvalue weighted by atomic mass is 10.5. The molecule has 0 aromatic carbocycles. The van der Waals surface area contributed by atoms with E-state index in [1.807, 2.05) is 6.07 Å². The molecule has 7 heteroatoms. The highest BCUT2D eigenvalue weighted by Crippen LogP contribution is 2.28. The Hall–Kier alpha value is -0.950. The second-order valence-electron chi connectivity index (χ2n) is 3.11. The fraction of sp³-hybridized carbons (Fsp3) is 0.200. The van der Waals surface area contributed by atoms with Crippen LogP contribution in [0.3, 0.4) is 0 Å². The van der Waals surface area contributed by atoms with Crippen LogP contribution in [0.1, 0.15) is 12.4 Å². The Bertz CT molecular complexity index is 504. The minimum atomic E-state index is -2.56. The first-order valence-electron chi connectivity index (χ1n) is 4.71. The predicted octanol–water partition coefficient (Wildman–Crippen LogP) is 3.73. The van der Waals surface area contributed by atoms with Gasteiger partial charge in [0.2, 0.25) is 0 Å². The van der Waals surface area contributed by atoms with Gasteiger partial charge in [-0.25, -0.2) is 9.97 Å². The summed E-state index contributed by atoms with van der Waals surface area (Å²) in [6.07, 6.45) is 4.30. The van der Waals surface area contributed by atoms with Crippen molar-refractivity contribution in [3.8, 4) is 0 Å². The maximum Gasteiger partial charge on any atom is 0.319 e. The van der Waals surface area contributed by atoms with Crippen LogP contribution in [0.2, 0.25) is 0 Å². The minimum absolute atomic E-state index is 0.336. The first-order chi connectivity index (χ1) is 8.18. The van der Waals surface area contributed by atoms with Gasteiger partial charge >= 0.3 is 6.55 Å². The molecular formula is C10H8BrF2N3S. The van der Waals surface area contributed by atoms with Gasteiger partial charge in [0.15, 0.2) is 0 Å². The molecule has 0 N–H and O–H groups in total. The summed E-state index contributed by atoms with van der Waals surface area (Å²) in [7, 11) is 0. The molecule has 2 rings (SSSR count). The van der Waals surface area contributed by atoms with Crippen LogP contribution in [0.15, 0.2) is 40.2 Å². The Labute approximate surface area is 109 Å². The molecule has 0 spiro atoms. The fourth-order valence-electron chi connectivity index (χ4n) is 1.24. The molecule has 2 aromatic heterocycles. The normalized spacial score (nSPS) is 11.1. The highest BCUT2D eigenvalue weighted by atomic mass is 79.9. The van der Waals surface area contributed by atoms with Gasteiger partial charge in [0.25, 0.3) is 0 Å². The third-order valence-corrected chi connectivity index (χ3v) is 3.93. The zero-order chi connectivity index (χ0) is 12.3.